The zero-order valence-electron chi connectivity index (χ0n) is 19.7. The van der Waals surface area contributed by atoms with Gasteiger partial charge in [0.25, 0.3) is 0 Å². The summed E-state index contributed by atoms with van der Waals surface area (Å²) in [4.78, 5) is 35.0. The van der Waals surface area contributed by atoms with E-state index in [9.17, 15) is 9.59 Å². The highest BCUT2D eigenvalue weighted by atomic mass is 16.2. The van der Waals surface area contributed by atoms with Gasteiger partial charge in [-0.15, -0.1) is 0 Å². The van der Waals surface area contributed by atoms with E-state index < -0.39 is 0 Å². The number of Topliss-reactive ketones (excluding diaryl/α,β-unsaturated/α-hetero) is 1. The number of rotatable bonds is 4. The summed E-state index contributed by atoms with van der Waals surface area (Å²) in [5, 5.41) is 5.33. The molecule has 1 aromatic carbocycles. The number of aryl methyl sites for hydroxylation is 1. The zero-order chi connectivity index (χ0) is 24.7. The van der Waals surface area contributed by atoms with Crippen LogP contribution in [0, 0.1) is 11.8 Å². The van der Waals surface area contributed by atoms with E-state index in [-0.39, 0.29) is 23.6 Å². The molecule has 4 aromatic rings. The molecule has 1 fully saturated rings. The van der Waals surface area contributed by atoms with E-state index in [1.165, 1.54) is 19.2 Å². The lowest BCUT2D eigenvalue weighted by Gasteiger charge is -2.16. The van der Waals surface area contributed by atoms with Crippen molar-refractivity contribution in [3.05, 3.63) is 60.2 Å². The minimum Gasteiger partial charge on any atom is -0.383 e. The number of aromatic nitrogens is 5. The second-order valence-corrected chi connectivity index (χ2v) is 8.55. The molecule has 9 nitrogen and oxygen atoms in total. The molecule has 1 amide bonds. The lowest BCUT2D eigenvalue weighted by atomic mass is 10.1. The number of imidazole rings is 1. The Labute approximate surface area is 202 Å². The first-order valence-corrected chi connectivity index (χ1v) is 11.5. The van der Waals surface area contributed by atoms with Crippen LogP contribution in [-0.2, 0) is 11.3 Å². The van der Waals surface area contributed by atoms with Gasteiger partial charge in [-0.05, 0) is 50.5 Å². The van der Waals surface area contributed by atoms with E-state index >= 15 is 0 Å². The van der Waals surface area contributed by atoms with Crippen molar-refractivity contribution in [2.75, 3.05) is 18.8 Å². The number of likely N-dealkylation sites (tertiary alicyclic amines) is 1. The van der Waals surface area contributed by atoms with Crippen molar-refractivity contribution in [2.24, 2.45) is 0 Å². The first kappa shape index (κ1) is 22.3. The van der Waals surface area contributed by atoms with Crippen LogP contribution < -0.4 is 5.73 Å². The van der Waals surface area contributed by atoms with Crippen LogP contribution in [0.5, 0.6) is 0 Å². The van der Waals surface area contributed by atoms with Crippen molar-refractivity contribution in [3.8, 4) is 11.8 Å². The molecule has 3 aromatic heterocycles. The van der Waals surface area contributed by atoms with Crippen LogP contribution in [0.4, 0.5) is 5.82 Å². The molecule has 4 heterocycles. The zero-order valence-corrected chi connectivity index (χ0v) is 19.7. The van der Waals surface area contributed by atoms with Crippen LogP contribution in [0.25, 0.3) is 21.9 Å². The number of benzene rings is 1. The molecule has 5 rings (SSSR count). The highest BCUT2D eigenvalue weighted by Crippen LogP contribution is 2.32. The Morgan fingerprint density at radius 1 is 1.29 bits per heavy atom. The number of carbonyl (C=O) groups is 2. The van der Waals surface area contributed by atoms with E-state index in [4.69, 9.17) is 10.8 Å². The minimum absolute atomic E-state index is 0.119. The fraction of sp³-hybridized carbons (Fsp3) is 0.269. The van der Waals surface area contributed by atoms with Crippen LogP contribution >= 0.6 is 0 Å². The predicted octanol–water partition coefficient (Wildman–Crippen LogP) is 2.94. The number of nitrogens with zero attached hydrogens (tertiary/aromatic N) is 6. The van der Waals surface area contributed by atoms with Gasteiger partial charge in [0.15, 0.2) is 5.78 Å². The monoisotopic (exact) mass is 467 g/mol. The van der Waals surface area contributed by atoms with Gasteiger partial charge < -0.3 is 15.2 Å². The standard InChI is InChI=1S/C26H25N7O2/c1-4-23(35)32-11-10-18(14-32)33-25-19(16(3)34)13-28-26(27)24(25)20(30-33)8-6-17-7-9-22-21(12-17)29-15-31(22)5-2/h4,7,9,12-13,15,18H,1,5,10-11,14H2,2-3H3,(H2,27,28)/t18-/m0/s1. The molecular weight excluding hydrogens is 442 g/mol. The number of nitrogen functional groups attached to an aromatic ring is 1. The van der Waals surface area contributed by atoms with Crippen molar-refractivity contribution in [3.63, 3.8) is 0 Å². The Kier molecular flexibility index (Phi) is 5.57. The summed E-state index contributed by atoms with van der Waals surface area (Å²) < 4.78 is 3.86. The molecule has 9 heteroatoms. The summed E-state index contributed by atoms with van der Waals surface area (Å²) in [6.45, 7) is 9.02. The van der Waals surface area contributed by atoms with Crippen molar-refractivity contribution in [1.29, 1.82) is 0 Å². The molecule has 2 N–H and O–H groups in total. The molecule has 0 saturated carbocycles. The van der Waals surface area contributed by atoms with Crippen LogP contribution in [-0.4, -0.2) is 54.0 Å². The van der Waals surface area contributed by atoms with Gasteiger partial charge in [-0.1, -0.05) is 12.5 Å². The first-order chi connectivity index (χ1) is 16.9. The number of ketones is 1. The normalized spacial score (nSPS) is 15.4. The summed E-state index contributed by atoms with van der Waals surface area (Å²) >= 11 is 0. The van der Waals surface area contributed by atoms with Crippen LogP contribution in [0.2, 0.25) is 0 Å². The predicted molar refractivity (Wildman–Crippen MR) is 134 cm³/mol. The summed E-state index contributed by atoms with van der Waals surface area (Å²) in [5.74, 6) is 6.30. The topological polar surface area (TPSA) is 112 Å². The van der Waals surface area contributed by atoms with Crippen LogP contribution in [0.1, 0.15) is 47.9 Å². The quantitative estimate of drug-likeness (QED) is 0.281. The third-order valence-electron chi connectivity index (χ3n) is 6.42. The smallest absolute Gasteiger partial charge is 0.246 e. The van der Waals surface area contributed by atoms with Crippen LogP contribution in [0.3, 0.4) is 0 Å². The lowest BCUT2D eigenvalue weighted by molar-refractivity contribution is -0.125. The Morgan fingerprint density at radius 2 is 2.11 bits per heavy atom. The highest BCUT2D eigenvalue weighted by molar-refractivity contribution is 6.09. The first-order valence-electron chi connectivity index (χ1n) is 11.5. The van der Waals surface area contributed by atoms with Gasteiger partial charge in [-0.3, -0.25) is 14.3 Å². The van der Waals surface area contributed by atoms with Crippen LogP contribution in [0.15, 0.2) is 43.4 Å². The fourth-order valence-electron chi connectivity index (χ4n) is 4.60. The number of hydrogen-bond acceptors (Lipinski definition) is 6. The van der Waals surface area contributed by atoms with Crippen molar-refractivity contribution < 1.29 is 9.59 Å². The molecule has 0 bridgehead atoms. The fourth-order valence-corrected chi connectivity index (χ4v) is 4.60. The summed E-state index contributed by atoms with van der Waals surface area (Å²) in [6, 6.07) is 5.76. The highest BCUT2D eigenvalue weighted by Gasteiger charge is 2.30. The maximum atomic E-state index is 12.5. The molecule has 176 valence electrons. The number of anilines is 1. The lowest BCUT2D eigenvalue weighted by Crippen LogP contribution is -2.27. The third kappa shape index (κ3) is 3.83. The Balaban J connectivity index is 1.62. The maximum absolute atomic E-state index is 12.5. The molecule has 1 aliphatic heterocycles. The van der Waals surface area contributed by atoms with Crippen molar-refractivity contribution in [1.82, 2.24) is 29.2 Å². The van der Waals surface area contributed by atoms with Gasteiger partial charge in [-0.2, -0.15) is 5.10 Å². The van der Waals surface area contributed by atoms with Gasteiger partial charge >= 0.3 is 0 Å². The van der Waals surface area contributed by atoms with E-state index in [1.807, 2.05) is 24.5 Å². The Hall–Kier alpha value is -4.45. The second-order valence-electron chi connectivity index (χ2n) is 8.55. The van der Waals surface area contributed by atoms with Gasteiger partial charge in [0, 0.05) is 31.4 Å². The number of nitrogens with two attached hydrogens (primary N) is 1. The summed E-state index contributed by atoms with van der Waals surface area (Å²) in [7, 11) is 0. The van der Waals surface area contributed by atoms with Crippen molar-refractivity contribution in [2.45, 2.75) is 32.9 Å². The number of carbonyl (C=O) groups excluding carboxylic acids is 2. The number of amides is 1. The molecule has 0 aliphatic carbocycles. The minimum atomic E-state index is -0.142. The molecule has 1 aliphatic rings. The second kappa shape index (κ2) is 8.72. The molecule has 35 heavy (non-hydrogen) atoms. The Bertz CT molecular complexity index is 1570. The Morgan fingerprint density at radius 3 is 2.86 bits per heavy atom. The molecule has 0 spiro atoms. The average Bonchev–Trinajstić information content (AvgIpc) is 3.59. The van der Waals surface area contributed by atoms with Gasteiger partial charge in [0.05, 0.1) is 39.9 Å². The summed E-state index contributed by atoms with van der Waals surface area (Å²) in [6.07, 6.45) is 5.30. The number of hydrogen-bond donors (Lipinski definition) is 1. The van der Waals surface area contributed by atoms with Gasteiger partial charge in [0.1, 0.15) is 11.5 Å². The number of fused-ring (bicyclic) bond motifs is 2. The van der Waals surface area contributed by atoms with Gasteiger partial charge in [-0.25, -0.2) is 9.97 Å². The van der Waals surface area contributed by atoms with E-state index in [1.54, 1.807) is 9.58 Å². The third-order valence-corrected chi connectivity index (χ3v) is 6.42. The average molecular weight is 468 g/mol. The maximum Gasteiger partial charge on any atom is 0.246 e. The molecule has 1 atom stereocenters. The van der Waals surface area contributed by atoms with E-state index in [0.29, 0.717) is 41.7 Å². The molecule has 0 unspecified atom stereocenters. The van der Waals surface area contributed by atoms with Crippen molar-refractivity contribution >= 4 is 39.4 Å². The molecular formula is C26H25N7O2. The largest absolute Gasteiger partial charge is 0.383 e. The SMILES string of the molecule is C=CC(=O)N1CC[C@H](n2nc(C#Cc3ccc4c(c3)ncn4CC)c3c(N)ncc(C(C)=O)c32)C1. The molecule has 1 saturated heterocycles. The molecule has 0 radical (unpaired) electrons. The summed E-state index contributed by atoms with van der Waals surface area (Å²) in [5.41, 5.74) is 10.4. The van der Waals surface area contributed by atoms with Gasteiger partial charge in [0.2, 0.25) is 5.91 Å². The number of pyridine rings is 1. The van der Waals surface area contributed by atoms with E-state index in [2.05, 4.69) is 39.9 Å². The van der Waals surface area contributed by atoms with E-state index in [0.717, 1.165) is 23.1 Å².